The van der Waals surface area contributed by atoms with Crippen molar-refractivity contribution in [1.29, 1.82) is 0 Å². The van der Waals surface area contributed by atoms with E-state index in [0.717, 1.165) is 60.4 Å². The highest BCUT2D eigenvalue weighted by Gasteiger charge is 2.14. The van der Waals surface area contributed by atoms with Gasteiger partial charge in [-0.05, 0) is 36.8 Å². The summed E-state index contributed by atoms with van der Waals surface area (Å²) in [7, 11) is 0. The summed E-state index contributed by atoms with van der Waals surface area (Å²) in [4.78, 5) is 20.4. The van der Waals surface area contributed by atoms with Crippen LogP contribution in [0.3, 0.4) is 0 Å². The molecule has 0 atom stereocenters. The van der Waals surface area contributed by atoms with Gasteiger partial charge in [-0.15, -0.1) is 0 Å². The summed E-state index contributed by atoms with van der Waals surface area (Å²) in [5.74, 6) is 1.48. The van der Waals surface area contributed by atoms with Crippen LogP contribution < -0.4 is 10.2 Å². The standard InChI is InChI=1S/C21H21N7O/c1-15-12-24-21(26-20(15)17-14-23-19-4-2-3-7-28(17)19)25-16-5-6-18(22-13-16)27-8-10-29-11-9-27/h2-7,12-14H,8-11H2,1H3,(H,24,25,26). The molecule has 8 heteroatoms. The second-order valence-corrected chi connectivity index (χ2v) is 6.93. The summed E-state index contributed by atoms with van der Waals surface area (Å²) >= 11 is 0. The van der Waals surface area contributed by atoms with Gasteiger partial charge in [-0.2, -0.15) is 0 Å². The monoisotopic (exact) mass is 387 g/mol. The second-order valence-electron chi connectivity index (χ2n) is 6.93. The molecule has 1 N–H and O–H groups in total. The predicted molar refractivity (Wildman–Crippen MR) is 112 cm³/mol. The Labute approximate surface area is 168 Å². The molecule has 1 aliphatic rings. The molecule has 8 nitrogen and oxygen atoms in total. The zero-order chi connectivity index (χ0) is 19.6. The van der Waals surface area contributed by atoms with Crippen LogP contribution in [0.2, 0.25) is 0 Å². The van der Waals surface area contributed by atoms with Gasteiger partial charge in [-0.3, -0.25) is 4.40 Å². The normalized spacial score (nSPS) is 14.3. The Morgan fingerprint density at radius 1 is 0.966 bits per heavy atom. The summed E-state index contributed by atoms with van der Waals surface area (Å²) in [6.07, 6.45) is 7.46. The molecule has 4 aromatic heterocycles. The molecule has 5 heterocycles. The molecule has 0 aromatic carbocycles. The number of imidazole rings is 1. The zero-order valence-corrected chi connectivity index (χ0v) is 16.1. The molecule has 0 spiro atoms. The second kappa shape index (κ2) is 7.48. The molecular formula is C21H21N7O. The topological polar surface area (TPSA) is 80.5 Å². The average molecular weight is 387 g/mol. The molecule has 0 aliphatic carbocycles. The van der Waals surface area contributed by atoms with Crippen LogP contribution in [0, 0.1) is 6.92 Å². The Balaban J connectivity index is 1.40. The van der Waals surface area contributed by atoms with Crippen molar-refractivity contribution in [3.8, 4) is 11.4 Å². The maximum atomic E-state index is 5.40. The number of nitrogens with zero attached hydrogens (tertiary/aromatic N) is 6. The van der Waals surface area contributed by atoms with Crippen molar-refractivity contribution in [3.05, 3.63) is 60.7 Å². The van der Waals surface area contributed by atoms with Gasteiger partial charge in [0.2, 0.25) is 5.95 Å². The number of aryl methyl sites for hydroxylation is 1. The number of morpholine rings is 1. The Hall–Kier alpha value is -3.52. The first-order valence-corrected chi connectivity index (χ1v) is 9.60. The van der Waals surface area contributed by atoms with Gasteiger partial charge in [-0.1, -0.05) is 6.07 Å². The summed E-state index contributed by atoms with van der Waals surface area (Å²) in [5.41, 5.74) is 4.50. The fourth-order valence-electron chi connectivity index (χ4n) is 3.44. The molecule has 1 aliphatic heterocycles. The average Bonchev–Trinajstić information content (AvgIpc) is 3.20. The summed E-state index contributed by atoms with van der Waals surface area (Å²) in [6, 6.07) is 9.93. The van der Waals surface area contributed by atoms with E-state index in [2.05, 4.69) is 25.2 Å². The number of ether oxygens (including phenoxy) is 1. The fraction of sp³-hybridized carbons (Fsp3) is 0.238. The Morgan fingerprint density at radius 2 is 1.86 bits per heavy atom. The minimum Gasteiger partial charge on any atom is -0.378 e. The lowest BCUT2D eigenvalue weighted by Crippen LogP contribution is -2.36. The van der Waals surface area contributed by atoms with Gasteiger partial charge >= 0.3 is 0 Å². The molecule has 29 heavy (non-hydrogen) atoms. The Bertz CT molecular complexity index is 1130. The van der Waals surface area contributed by atoms with Gasteiger partial charge in [0.15, 0.2) is 0 Å². The van der Waals surface area contributed by atoms with E-state index in [0.29, 0.717) is 5.95 Å². The summed E-state index contributed by atoms with van der Waals surface area (Å²) in [5, 5.41) is 3.25. The molecule has 146 valence electrons. The quantitative estimate of drug-likeness (QED) is 0.576. The van der Waals surface area contributed by atoms with Crippen LogP contribution in [0.15, 0.2) is 55.1 Å². The van der Waals surface area contributed by atoms with Crippen LogP contribution in [0.1, 0.15) is 5.56 Å². The number of pyridine rings is 2. The highest BCUT2D eigenvalue weighted by molar-refractivity contribution is 5.65. The number of fused-ring (bicyclic) bond motifs is 1. The molecule has 1 fully saturated rings. The van der Waals surface area contributed by atoms with Crippen LogP contribution in [0.25, 0.3) is 17.0 Å². The summed E-state index contributed by atoms with van der Waals surface area (Å²) in [6.45, 7) is 5.21. The highest BCUT2D eigenvalue weighted by Crippen LogP contribution is 2.24. The third-order valence-electron chi connectivity index (χ3n) is 4.97. The van der Waals surface area contributed by atoms with Gasteiger partial charge in [0.05, 0.1) is 42.7 Å². The third-order valence-corrected chi connectivity index (χ3v) is 4.97. The van der Waals surface area contributed by atoms with Crippen molar-refractivity contribution in [2.45, 2.75) is 6.92 Å². The molecular weight excluding hydrogens is 366 g/mol. The lowest BCUT2D eigenvalue weighted by Gasteiger charge is -2.27. The first-order valence-electron chi connectivity index (χ1n) is 9.60. The number of rotatable bonds is 4. The summed E-state index contributed by atoms with van der Waals surface area (Å²) < 4.78 is 7.42. The Kier molecular flexibility index (Phi) is 4.53. The van der Waals surface area contributed by atoms with Crippen LogP contribution in [0.4, 0.5) is 17.5 Å². The highest BCUT2D eigenvalue weighted by atomic mass is 16.5. The van der Waals surface area contributed by atoms with Crippen molar-refractivity contribution in [1.82, 2.24) is 24.3 Å². The van der Waals surface area contributed by atoms with E-state index in [1.165, 1.54) is 0 Å². The molecule has 1 saturated heterocycles. The Morgan fingerprint density at radius 3 is 2.69 bits per heavy atom. The van der Waals surface area contributed by atoms with Crippen LogP contribution in [0.5, 0.6) is 0 Å². The third kappa shape index (κ3) is 3.50. The van der Waals surface area contributed by atoms with Crippen LogP contribution >= 0.6 is 0 Å². The lowest BCUT2D eigenvalue weighted by molar-refractivity contribution is 0.122. The van der Waals surface area contributed by atoms with E-state index in [1.54, 1.807) is 0 Å². The van der Waals surface area contributed by atoms with E-state index in [1.807, 2.05) is 66.4 Å². The van der Waals surface area contributed by atoms with Crippen molar-refractivity contribution in [2.24, 2.45) is 0 Å². The van der Waals surface area contributed by atoms with E-state index >= 15 is 0 Å². The van der Waals surface area contributed by atoms with Crippen molar-refractivity contribution in [3.63, 3.8) is 0 Å². The first kappa shape index (κ1) is 17.6. The predicted octanol–water partition coefficient (Wildman–Crippen LogP) is 3.07. The smallest absolute Gasteiger partial charge is 0.227 e. The SMILES string of the molecule is Cc1cnc(Nc2ccc(N3CCOCC3)nc2)nc1-c1cnc2ccccn12. The van der Waals surface area contributed by atoms with Crippen LogP contribution in [-0.2, 0) is 4.74 Å². The van der Waals surface area contributed by atoms with Crippen molar-refractivity contribution >= 4 is 23.1 Å². The van der Waals surface area contributed by atoms with E-state index in [9.17, 15) is 0 Å². The first-order chi connectivity index (χ1) is 14.3. The molecule has 0 unspecified atom stereocenters. The number of hydrogen-bond donors (Lipinski definition) is 1. The van der Waals surface area contributed by atoms with E-state index < -0.39 is 0 Å². The molecule has 0 radical (unpaired) electrons. The van der Waals surface area contributed by atoms with Crippen LogP contribution in [-0.4, -0.2) is 50.6 Å². The number of hydrogen-bond acceptors (Lipinski definition) is 7. The number of anilines is 3. The van der Waals surface area contributed by atoms with Crippen molar-refractivity contribution in [2.75, 3.05) is 36.5 Å². The maximum absolute atomic E-state index is 5.40. The maximum Gasteiger partial charge on any atom is 0.227 e. The van der Waals surface area contributed by atoms with E-state index in [-0.39, 0.29) is 0 Å². The van der Waals surface area contributed by atoms with Gasteiger partial charge < -0.3 is 15.0 Å². The van der Waals surface area contributed by atoms with E-state index in [4.69, 9.17) is 9.72 Å². The minimum absolute atomic E-state index is 0.525. The molecule has 0 bridgehead atoms. The molecule has 0 saturated carbocycles. The fourth-order valence-corrected chi connectivity index (χ4v) is 3.44. The molecule has 4 aromatic rings. The number of aromatic nitrogens is 5. The van der Waals surface area contributed by atoms with Gasteiger partial charge in [0.25, 0.3) is 0 Å². The zero-order valence-electron chi connectivity index (χ0n) is 16.1. The molecule has 0 amide bonds. The lowest BCUT2D eigenvalue weighted by atomic mass is 10.2. The minimum atomic E-state index is 0.525. The largest absolute Gasteiger partial charge is 0.378 e. The van der Waals surface area contributed by atoms with Gasteiger partial charge in [0, 0.05) is 25.5 Å². The molecule has 5 rings (SSSR count). The van der Waals surface area contributed by atoms with Gasteiger partial charge in [0.1, 0.15) is 11.5 Å². The number of nitrogens with one attached hydrogen (secondary N) is 1. The van der Waals surface area contributed by atoms with Crippen molar-refractivity contribution < 1.29 is 4.74 Å². The van der Waals surface area contributed by atoms with Gasteiger partial charge in [-0.25, -0.2) is 19.9 Å².